The lowest BCUT2D eigenvalue weighted by atomic mass is 10.3. The van der Waals surface area contributed by atoms with Crippen LogP contribution in [0.25, 0.3) is 0 Å². The third kappa shape index (κ3) is 2.69. The fourth-order valence-electron chi connectivity index (χ4n) is 1.20. The summed E-state index contributed by atoms with van der Waals surface area (Å²) in [7, 11) is 0. The quantitative estimate of drug-likeness (QED) is 0.361. The van der Waals surface area contributed by atoms with E-state index in [0.717, 1.165) is 0 Å². The van der Waals surface area contributed by atoms with Crippen molar-refractivity contribution in [3.05, 3.63) is 40.4 Å². The van der Waals surface area contributed by atoms with E-state index in [0.29, 0.717) is 10.8 Å². The van der Waals surface area contributed by atoms with Crippen LogP contribution < -0.4 is 4.74 Å². The van der Waals surface area contributed by atoms with Crippen molar-refractivity contribution in [1.29, 1.82) is 0 Å². The number of rotatable bonds is 2. The molecule has 1 unspecified atom stereocenters. The van der Waals surface area contributed by atoms with Crippen molar-refractivity contribution in [1.82, 2.24) is 5.01 Å². The number of nitrogens with zero attached hydrogens (tertiary/aromatic N) is 4. The average Bonchev–Trinajstić information content (AvgIpc) is 2.28. The van der Waals surface area contributed by atoms with E-state index in [1.165, 1.54) is 0 Å². The van der Waals surface area contributed by atoms with Crippen LogP contribution in [-0.2, 0) is 0 Å². The minimum atomic E-state index is -1.30. The van der Waals surface area contributed by atoms with Crippen molar-refractivity contribution in [2.75, 3.05) is 0 Å². The fraction of sp³-hybridized carbons (Fsp3) is 0.111. The molecule has 1 heterocycles. The summed E-state index contributed by atoms with van der Waals surface area (Å²) in [4.78, 5) is 18.0. The molecular weight excluding hydrogens is 283 g/mol. The van der Waals surface area contributed by atoms with E-state index < -0.39 is 10.7 Å². The first-order valence-electron chi connectivity index (χ1n) is 4.70. The number of halogens is 2. The molecule has 0 aliphatic carbocycles. The van der Waals surface area contributed by atoms with Crippen LogP contribution in [0.5, 0.6) is 5.75 Å². The van der Waals surface area contributed by atoms with Gasteiger partial charge in [-0.05, 0) is 23.7 Å². The lowest BCUT2D eigenvalue weighted by Crippen LogP contribution is -2.46. The molecule has 0 fully saturated rings. The zero-order valence-electron chi connectivity index (χ0n) is 8.73. The van der Waals surface area contributed by atoms with E-state index in [9.17, 15) is 10.1 Å². The largest absolute Gasteiger partial charge is 0.422 e. The first-order valence-corrected chi connectivity index (χ1v) is 5.52. The summed E-state index contributed by atoms with van der Waals surface area (Å²) in [6, 6.07) is 8.09. The molecule has 0 saturated heterocycles. The summed E-state index contributed by atoms with van der Waals surface area (Å²) < 4.78 is 5.25. The Labute approximate surface area is 111 Å². The van der Waals surface area contributed by atoms with Crippen molar-refractivity contribution in [3.8, 4) is 5.75 Å². The van der Waals surface area contributed by atoms with E-state index in [1.807, 2.05) is 0 Å². The monoisotopic (exact) mass is 288 g/mol. The second-order valence-corrected chi connectivity index (χ2v) is 3.83. The summed E-state index contributed by atoms with van der Waals surface area (Å²) in [6.45, 7) is 0. The highest BCUT2D eigenvalue weighted by Crippen LogP contribution is 2.18. The number of alkyl halides is 1. The predicted molar refractivity (Wildman–Crippen MR) is 66.3 cm³/mol. The normalized spacial score (nSPS) is 19.0. The Morgan fingerprint density at radius 2 is 2.06 bits per heavy atom. The molecule has 1 aliphatic heterocycles. The molecule has 1 aliphatic rings. The van der Waals surface area contributed by atoms with Gasteiger partial charge in [0.15, 0.2) is 5.03 Å². The summed E-state index contributed by atoms with van der Waals surface area (Å²) in [6.07, 6.45) is 0. The maximum Gasteiger partial charge on any atom is 0.364 e. The SMILES string of the molecule is O=[N+]([O-])N1C(Oc2ccccc2)=NC(Cl)=NC1Cl. The number of hydrogen-bond donors (Lipinski definition) is 0. The van der Waals surface area contributed by atoms with Gasteiger partial charge in [-0.25, -0.2) is 15.1 Å². The maximum absolute atomic E-state index is 10.8. The molecule has 0 aromatic heterocycles. The fourth-order valence-corrected chi connectivity index (χ4v) is 1.67. The van der Waals surface area contributed by atoms with Crippen molar-refractivity contribution < 1.29 is 9.77 Å². The standard InChI is InChI=1S/C9H6Cl2N4O3/c10-7-12-8(11)14(15(16)17)9(13-7)18-6-4-2-1-3-5-6/h1-5,8H. The van der Waals surface area contributed by atoms with Crippen LogP contribution in [0.2, 0.25) is 0 Å². The number of para-hydroxylation sites is 1. The van der Waals surface area contributed by atoms with Gasteiger partial charge in [0.05, 0.1) is 0 Å². The minimum Gasteiger partial charge on any atom is -0.422 e. The molecule has 0 bridgehead atoms. The van der Waals surface area contributed by atoms with Gasteiger partial charge in [0.1, 0.15) is 5.75 Å². The number of nitro groups is 1. The lowest BCUT2D eigenvalue weighted by molar-refractivity contribution is -0.635. The molecule has 94 valence electrons. The molecule has 1 aromatic rings. The molecule has 0 spiro atoms. The maximum atomic E-state index is 10.8. The second-order valence-electron chi connectivity index (χ2n) is 3.10. The van der Waals surface area contributed by atoms with Crippen molar-refractivity contribution in [2.24, 2.45) is 9.98 Å². The number of aliphatic imine (C=N–C) groups is 2. The second kappa shape index (κ2) is 5.19. The van der Waals surface area contributed by atoms with Crippen LogP contribution in [0.15, 0.2) is 40.3 Å². The van der Waals surface area contributed by atoms with Gasteiger partial charge in [0.25, 0.3) is 5.62 Å². The van der Waals surface area contributed by atoms with Gasteiger partial charge >= 0.3 is 6.02 Å². The van der Waals surface area contributed by atoms with Crippen LogP contribution in [-0.4, -0.2) is 27.0 Å². The van der Waals surface area contributed by atoms with E-state index in [4.69, 9.17) is 27.9 Å². The van der Waals surface area contributed by atoms with Gasteiger partial charge < -0.3 is 4.74 Å². The third-order valence-electron chi connectivity index (χ3n) is 1.93. The summed E-state index contributed by atoms with van der Waals surface area (Å²) in [5, 5.41) is 10.3. The molecule has 0 saturated carbocycles. The molecule has 1 atom stereocenters. The van der Waals surface area contributed by atoms with Crippen LogP contribution in [0.3, 0.4) is 0 Å². The van der Waals surface area contributed by atoms with Gasteiger partial charge in [-0.1, -0.05) is 29.8 Å². The average molecular weight is 289 g/mol. The molecule has 0 radical (unpaired) electrons. The Kier molecular flexibility index (Phi) is 3.63. The number of hydrogen-bond acceptors (Lipinski definition) is 5. The Balaban J connectivity index is 2.28. The van der Waals surface area contributed by atoms with Gasteiger partial charge in [0, 0.05) is 5.01 Å². The zero-order valence-corrected chi connectivity index (χ0v) is 10.2. The van der Waals surface area contributed by atoms with Crippen LogP contribution in [0.1, 0.15) is 0 Å². The highest BCUT2D eigenvalue weighted by atomic mass is 35.5. The van der Waals surface area contributed by atoms with E-state index in [-0.39, 0.29) is 11.3 Å². The van der Waals surface area contributed by atoms with Crippen molar-refractivity contribution in [2.45, 2.75) is 5.62 Å². The van der Waals surface area contributed by atoms with E-state index in [1.54, 1.807) is 30.3 Å². The molecular formula is C9H6Cl2N4O3. The van der Waals surface area contributed by atoms with Gasteiger partial charge in [-0.2, -0.15) is 4.99 Å². The Morgan fingerprint density at radius 3 is 2.67 bits per heavy atom. The molecule has 18 heavy (non-hydrogen) atoms. The zero-order chi connectivity index (χ0) is 13.1. The van der Waals surface area contributed by atoms with Crippen LogP contribution in [0, 0.1) is 10.1 Å². The number of benzene rings is 1. The smallest absolute Gasteiger partial charge is 0.364 e. The highest BCUT2D eigenvalue weighted by Gasteiger charge is 2.36. The molecule has 2 rings (SSSR count). The summed E-state index contributed by atoms with van der Waals surface area (Å²) in [5.41, 5.74) is -1.30. The van der Waals surface area contributed by atoms with Crippen molar-refractivity contribution >= 4 is 34.5 Å². The molecule has 1 aromatic carbocycles. The van der Waals surface area contributed by atoms with Gasteiger partial charge in [-0.15, -0.1) is 0 Å². The van der Waals surface area contributed by atoms with Crippen LogP contribution >= 0.6 is 23.2 Å². The minimum absolute atomic E-state index is 0.209. The van der Waals surface area contributed by atoms with Crippen LogP contribution in [0.4, 0.5) is 0 Å². The van der Waals surface area contributed by atoms with Gasteiger partial charge in [0.2, 0.25) is 5.29 Å². The number of amidine groups is 2. The third-order valence-corrected chi connectivity index (χ3v) is 2.39. The first kappa shape index (κ1) is 12.6. The molecule has 9 heteroatoms. The van der Waals surface area contributed by atoms with Crippen molar-refractivity contribution in [3.63, 3.8) is 0 Å². The molecule has 7 nitrogen and oxygen atoms in total. The summed E-state index contributed by atoms with van der Waals surface area (Å²) >= 11 is 11.3. The van der Waals surface area contributed by atoms with Gasteiger partial charge in [-0.3, -0.25) is 0 Å². The number of ether oxygens (including phenoxy) is 1. The lowest BCUT2D eigenvalue weighted by Gasteiger charge is -2.20. The van der Waals surface area contributed by atoms with E-state index >= 15 is 0 Å². The molecule has 0 N–H and O–H groups in total. The Bertz CT molecular complexity index is 520. The number of hydrazine groups is 1. The topological polar surface area (TPSA) is 80.3 Å². The first-order chi connectivity index (χ1) is 8.58. The predicted octanol–water partition coefficient (Wildman–Crippen LogP) is 2.05. The Hall–Kier alpha value is -1.86. The highest BCUT2D eigenvalue weighted by molar-refractivity contribution is 6.66. The molecule has 0 amide bonds. The van der Waals surface area contributed by atoms with E-state index in [2.05, 4.69) is 9.98 Å². The summed E-state index contributed by atoms with van der Waals surface area (Å²) in [5.74, 6) is 0.373. The Morgan fingerprint density at radius 1 is 1.39 bits per heavy atom.